The maximum atomic E-state index is 13.7. The van der Waals surface area contributed by atoms with E-state index >= 15 is 0 Å². The fraction of sp³-hybridized carbons (Fsp3) is 0.658. The smallest absolute Gasteiger partial charge is 0.407 e. The van der Waals surface area contributed by atoms with Gasteiger partial charge < -0.3 is 41.3 Å². The number of nitrogens with zero attached hydrogens (tertiary/aromatic N) is 2. The van der Waals surface area contributed by atoms with Crippen LogP contribution in [0.4, 0.5) is 10.5 Å². The van der Waals surface area contributed by atoms with Gasteiger partial charge in [-0.3, -0.25) is 14.4 Å². The first-order valence-electron chi connectivity index (χ1n) is 18.5. The summed E-state index contributed by atoms with van der Waals surface area (Å²) in [5, 5.41) is 36.2. The molecule has 0 aliphatic carbocycles. The van der Waals surface area contributed by atoms with Crippen molar-refractivity contribution in [1.82, 2.24) is 20.5 Å². The lowest BCUT2D eigenvalue weighted by molar-refractivity contribution is -0.147. The number of carbonyl (C=O) groups is 4. The highest BCUT2D eigenvalue weighted by Crippen LogP contribution is 2.32. The molecule has 2 aromatic rings. The van der Waals surface area contributed by atoms with Crippen molar-refractivity contribution < 1.29 is 39.2 Å². The third kappa shape index (κ3) is 15.1. The van der Waals surface area contributed by atoms with Crippen LogP contribution in [0.15, 0.2) is 29.6 Å². The summed E-state index contributed by atoms with van der Waals surface area (Å²) >= 11 is 1.14. The van der Waals surface area contributed by atoms with Crippen LogP contribution < -0.4 is 16.4 Å². The van der Waals surface area contributed by atoms with E-state index in [0.29, 0.717) is 30.1 Å². The highest BCUT2D eigenvalue weighted by Gasteiger charge is 2.34. The number of nitrogen functional groups attached to an aromatic ring is 1. The molecule has 52 heavy (non-hydrogen) atoms. The first-order chi connectivity index (χ1) is 24.6. The van der Waals surface area contributed by atoms with Crippen LogP contribution in [0.5, 0.6) is 0 Å². The molecule has 0 saturated carbocycles. The van der Waals surface area contributed by atoms with Crippen LogP contribution in [-0.2, 0) is 20.7 Å². The average molecular weight is 748 g/mol. The van der Waals surface area contributed by atoms with Gasteiger partial charge in [0.2, 0.25) is 5.91 Å². The van der Waals surface area contributed by atoms with E-state index in [0.717, 1.165) is 55.4 Å². The van der Waals surface area contributed by atoms with Gasteiger partial charge in [0.1, 0.15) is 10.7 Å². The molecule has 13 nitrogen and oxygen atoms in total. The predicted molar refractivity (Wildman–Crippen MR) is 203 cm³/mol. The van der Waals surface area contributed by atoms with E-state index < -0.39 is 48.2 Å². The number of aromatic nitrogens is 1. The van der Waals surface area contributed by atoms with Crippen LogP contribution in [0.2, 0.25) is 0 Å². The second-order valence-electron chi connectivity index (χ2n) is 14.5. The summed E-state index contributed by atoms with van der Waals surface area (Å²) < 4.78 is 5.88. The zero-order valence-electron chi connectivity index (χ0n) is 31.7. The van der Waals surface area contributed by atoms with Crippen LogP contribution in [0.25, 0.3) is 0 Å². The molecule has 0 aliphatic rings. The average Bonchev–Trinajstić information content (AvgIpc) is 3.59. The van der Waals surface area contributed by atoms with E-state index in [2.05, 4.69) is 22.5 Å². The number of hydrogen-bond acceptors (Lipinski definition) is 10. The second-order valence-corrected chi connectivity index (χ2v) is 15.4. The Morgan fingerprint density at radius 2 is 1.71 bits per heavy atom. The summed E-state index contributed by atoms with van der Waals surface area (Å²) in [4.78, 5) is 58.8. The second kappa shape index (κ2) is 22.3. The van der Waals surface area contributed by atoms with E-state index in [1.165, 1.54) is 0 Å². The first-order valence-corrected chi connectivity index (χ1v) is 19.4. The number of carboxylic acid groups (broad SMARTS) is 1. The van der Waals surface area contributed by atoms with E-state index in [4.69, 9.17) is 10.5 Å². The van der Waals surface area contributed by atoms with Gasteiger partial charge in [0.25, 0.3) is 5.91 Å². The summed E-state index contributed by atoms with van der Waals surface area (Å²) in [6, 6.07) is 6.30. The molecule has 3 amide bonds. The molecular formula is C38H61N5O8S. The number of hydrogen-bond donors (Lipinski definition) is 6. The number of amides is 3. The molecule has 1 heterocycles. The molecule has 0 aliphatic heterocycles. The molecule has 0 saturated heterocycles. The molecule has 1 aromatic carbocycles. The topological polar surface area (TPSA) is 204 Å². The van der Waals surface area contributed by atoms with Crippen LogP contribution in [0.3, 0.4) is 0 Å². The van der Waals surface area contributed by atoms with Crippen molar-refractivity contribution in [3.63, 3.8) is 0 Å². The number of rotatable bonds is 24. The predicted octanol–water partition coefficient (Wildman–Crippen LogP) is 5.70. The van der Waals surface area contributed by atoms with Crippen LogP contribution in [-0.4, -0.2) is 87.0 Å². The number of aliphatic hydroxyl groups is 2. The van der Waals surface area contributed by atoms with Gasteiger partial charge >= 0.3 is 12.1 Å². The van der Waals surface area contributed by atoms with Crippen molar-refractivity contribution in [2.45, 2.75) is 130 Å². The van der Waals surface area contributed by atoms with Gasteiger partial charge in [-0.25, -0.2) is 9.78 Å². The number of thiazole rings is 1. The molecule has 14 heteroatoms. The van der Waals surface area contributed by atoms with E-state index in [1.54, 1.807) is 31.4 Å². The standard InChI is InChI=1S/C38H61N5O8S/c1-7-9-11-12-18-43(33(46)13-10-8-2)31(25(3)4)20-32(51-37(50)40-22-29(45)23-44)35-42-30(24-52-35)34(47)41-28(21-38(5,6)36(48)49)19-26-14-16-27(39)17-15-26/h14-17,24-25,28-29,31-32,44-45H,7-13,18-23,39H2,1-6H3,(H,40,50)(H,41,47)(H,48,49). The van der Waals surface area contributed by atoms with Gasteiger partial charge in [-0.15, -0.1) is 11.3 Å². The third-order valence-electron chi connectivity index (χ3n) is 9.05. The van der Waals surface area contributed by atoms with Gasteiger partial charge in [0.15, 0.2) is 6.10 Å². The zero-order valence-corrected chi connectivity index (χ0v) is 32.5. The number of nitrogens with one attached hydrogen (secondary N) is 2. The number of unbranched alkanes of at least 4 members (excludes halogenated alkanes) is 4. The largest absolute Gasteiger partial charge is 0.481 e. The lowest BCUT2D eigenvalue weighted by Gasteiger charge is -2.36. The fourth-order valence-corrected chi connectivity index (χ4v) is 6.72. The third-order valence-corrected chi connectivity index (χ3v) is 9.98. The molecule has 0 fully saturated rings. The highest BCUT2D eigenvalue weighted by atomic mass is 32.1. The zero-order chi connectivity index (χ0) is 38.8. The number of carbonyl (C=O) groups excluding carboxylic acids is 3. The minimum atomic E-state index is -1.17. The molecule has 7 N–H and O–H groups in total. The Hall–Kier alpha value is -3.75. The van der Waals surface area contributed by atoms with Crippen molar-refractivity contribution in [3.05, 3.63) is 45.9 Å². The van der Waals surface area contributed by atoms with Crippen LogP contribution in [0, 0.1) is 11.3 Å². The number of carboxylic acids is 1. The van der Waals surface area contributed by atoms with Crippen molar-refractivity contribution in [3.8, 4) is 0 Å². The number of aliphatic carboxylic acids is 1. The van der Waals surface area contributed by atoms with Crippen LogP contribution >= 0.6 is 11.3 Å². The summed E-state index contributed by atoms with van der Waals surface area (Å²) in [6.45, 7) is 11.2. The van der Waals surface area contributed by atoms with Gasteiger partial charge in [-0.05, 0) is 63.1 Å². The van der Waals surface area contributed by atoms with Crippen molar-refractivity contribution in [2.75, 3.05) is 25.4 Å². The van der Waals surface area contributed by atoms with E-state index in [-0.39, 0.29) is 42.9 Å². The number of ether oxygens (including phenoxy) is 1. The summed E-state index contributed by atoms with van der Waals surface area (Å²) in [7, 11) is 0. The van der Waals surface area contributed by atoms with Crippen LogP contribution in [0.1, 0.15) is 126 Å². The maximum absolute atomic E-state index is 13.7. The fourth-order valence-electron chi connectivity index (χ4n) is 5.89. The molecule has 292 valence electrons. The quantitative estimate of drug-likeness (QED) is 0.0571. The van der Waals surface area contributed by atoms with Gasteiger partial charge in [0.05, 0.1) is 18.1 Å². The van der Waals surface area contributed by atoms with Gasteiger partial charge in [-0.2, -0.15) is 0 Å². The normalized spacial score (nSPS) is 13.9. The van der Waals surface area contributed by atoms with E-state index in [9.17, 15) is 34.5 Å². The number of aliphatic hydroxyl groups excluding tert-OH is 2. The Bertz CT molecular complexity index is 1400. The Balaban J connectivity index is 2.43. The number of anilines is 1. The Morgan fingerprint density at radius 1 is 1.04 bits per heavy atom. The molecule has 0 bridgehead atoms. The number of nitrogens with two attached hydrogens (primary N) is 1. The number of benzene rings is 1. The minimum Gasteiger partial charge on any atom is -0.481 e. The molecule has 4 atom stereocenters. The lowest BCUT2D eigenvalue weighted by Crippen LogP contribution is -2.45. The minimum absolute atomic E-state index is 0.00320. The Morgan fingerprint density at radius 3 is 2.31 bits per heavy atom. The van der Waals surface area contributed by atoms with Crippen molar-refractivity contribution in [1.29, 1.82) is 0 Å². The van der Waals surface area contributed by atoms with Crippen molar-refractivity contribution in [2.24, 2.45) is 11.3 Å². The van der Waals surface area contributed by atoms with Gasteiger partial charge in [0, 0.05) is 49.1 Å². The van der Waals surface area contributed by atoms with Gasteiger partial charge in [-0.1, -0.05) is 65.5 Å². The molecule has 1 aromatic heterocycles. The molecule has 0 radical (unpaired) electrons. The summed E-state index contributed by atoms with van der Waals surface area (Å²) in [6.07, 6.45) is 3.79. The lowest BCUT2D eigenvalue weighted by atomic mass is 9.84. The summed E-state index contributed by atoms with van der Waals surface area (Å²) in [5.74, 6) is -1.46. The molecule has 0 spiro atoms. The molecular weight excluding hydrogens is 687 g/mol. The first kappa shape index (κ1) is 44.4. The van der Waals surface area contributed by atoms with Crippen molar-refractivity contribution >= 4 is 40.9 Å². The monoisotopic (exact) mass is 747 g/mol. The maximum Gasteiger partial charge on any atom is 0.407 e. The molecule has 2 rings (SSSR count). The highest BCUT2D eigenvalue weighted by molar-refractivity contribution is 7.09. The Kier molecular flexibility index (Phi) is 19.1. The summed E-state index contributed by atoms with van der Waals surface area (Å²) in [5.41, 5.74) is 6.26. The van der Waals surface area contributed by atoms with E-state index in [1.807, 2.05) is 37.8 Å². The number of alkyl carbamates (subject to hydrolysis) is 1. The Labute approximate surface area is 312 Å². The SMILES string of the molecule is CCCCCCN(C(=O)CCCC)C(CC(OC(=O)NCC(O)CO)c1nc(C(=O)NC(Cc2ccc(N)cc2)CC(C)(C)C(=O)O)cs1)C(C)C. The molecule has 4 unspecified atom stereocenters.